The van der Waals surface area contributed by atoms with Crippen molar-refractivity contribution in [1.29, 1.82) is 0 Å². The zero-order chi connectivity index (χ0) is 13.9. The quantitative estimate of drug-likeness (QED) is 0.734. The first kappa shape index (κ1) is 13.5. The molecule has 20 heavy (non-hydrogen) atoms. The number of thiazole rings is 1. The molecule has 0 aliphatic rings. The second-order valence-electron chi connectivity index (χ2n) is 4.44. The Morgan fingerprint density at radius 1 is 1.50 bits per heavy atom. The zero-order valence-corrected chi connectivity index (χ0v) is 12.7. The van der Waals surface area contributed by atoms with Gasteiger partial charge in [0.1, 0.15) is 16.4 Å². The minimum absolute atomic E-state index is 0.152. The van der Waals surface area contributed by atoms with E-state index in [0.29, 0.717) is 0 Å². The largest absolute Gasteiger partial charge is 0.327 e. The number of rotatable bonds is 5. The van der Waals surface area contributed by atoms with Crippen molar-refractivity contribution >= 4 is 28.1 Å². The molecule has 3 aromatic heterocycles. The van der Waals surface area contributed by atoms with Gasteiger partial charge in [-0.2, -0.15) is 0 Å². The lowest BCUT2D eigenvalue weighted by Gasteiger charge is -2.09. The SMILES string of the molecule is CCC(N)Cc1c(Sc2ccncn2)nc2sccn12. The van der Waals surface area contributed by atoms with E-state index in [0.717, 1.165) is 27.9 Å². The molecule has 0 aliphatic carbocycles. The highest BCUT2D eigenvalue weighted by atomic mass is 32.2. The molecular weight excluding hydrogens is 290 g/mol. The number of imidazole rings is 1. The molecular formula is C13H15N5S2. The lowest BCUT2D eigenvalue weighted by molar-refractivity contribution is 0.627. The van der Waals surface area contributed by atoms with Gasteiger partial charge in [-0.1, -0.05) is 6.92 Å². The predicted molar refractivity (Wildman–Crippen MR) is 81.2 cm³/mol. The highest BCUT2D eigenvalue weighted by Gasteiger charge is 2.16. The van der Waals surface area contributed by atoms with Crippen molar-refractivity contribution in [3.63, 3.8) is 0 Å². The monoisotopic (exact) mass is 305 g/mol. The number of hydrogen-bond donors (Lipinski definition) is 1. The molecule has 0 fully saturated rings. The fourth-order valence-corrected chi connectivity index (χ4v) is 3.56. The van der Waals surface area contributed by atoms with E-state index in [1.807, 2.05) is 11.4 Å². The van der Waals surface area contributed by atoms with E-state index in [2.05, 4.69) is 32.5 Å². The molecule has 0 radical (unpaired) electrons. The van der Waals surface area contributed by atoms with Gasteiger partial charge in [-0.15, -0.1) is 11.3 Å². The minimum atomic E-state index is 0.152. The molecule has 104 valence electrons. The first-order valence-electron chi connectivity index (χ1n) is 6.41. The van der Waals surface area contributed by atoms with Crippen molar-refractivity contribution in [1.82, 2.24) is 19.4 Å². The molecule has 0 bridgehead atoms. The van der Waals surface area contributed by atoms with E-state index in [4.69, 9.17) is 5.73 Å². The van der Waals surface area contributed by atoms with Crippen LogP contribution >= 0.6 is 23.1 Å². The van der Waals surface area contributed by atoms with Gasteiger partial charge in [0.05, 0.1) is 5.69 Å². The number of nitrogens with zero attached hydrogens (tertiary/aromatic N) is 4. The smallest absolute Gasteiger partial charge is 0.194 e. The van der Waals surface area contributed by atoms with E-state index in [1.54, 1.807) is 35.6 Å². The zero-order valence-electron chi connectivity index (χ0n) is 11.1. The summed E-state index contributed by atoms with van der Waals surface area (Å²) >= 11 is 3.20. The lowest BCUT2D eigenvalue weighted by atomic mass is 10.1. The molecule has 0 saturated carbocycles. The molecule has 0 amide bonds. The molecule has 1 unspecified atom stereocenters. The maximum absolute atomic E-state index is 6.11. The minimum Gasteiger partial charge on any atom is -0.327 e. The second-order valence-corrected chi connectivity index (χ2v) is 6.32. The van der Waals surface area contributed by atoms with E-state index >= 15 is 0 Å². The standard InChI is InChI=1S/C13H15N5S2/c1-2-9(14)7-10-12(17-13-18(10)5-6-19-13)20-11-3-4-15-8-16-11/h3-6,8-9H,2,7,14H2,1H3. The van der Waals surface area contributed by atoms with Crippen molar-refractivity contribution in [2.45, 2.75) is 35.9 Å². The van der Waals surface area contributed by atoms with Gasteiger partial charge in [0, 0.05) is 30.2 Å². The fraction of sp³-hybridized carbons (Fsp3) is 0.308. The summed E-state index contributed by atoms with van der Waals surface area (Å²) in [5.74, 6) is 0. The van der Waals surface area contributed by atoms with E-state index in [9.17, 15) is 0 Å². The molecule has 3 rings (SSSR count). The first-order chi connectivity index (χ1) is 9.78. The highest BCUT2D eigenvalue weighted by molar-refractivity contribution is 7.99. The highest BCUT2D eigenvalue weighted by Crippen LogP contribution is 2.31. The third kappa shape index (κ3) is 2.70. The van der Waals surface area contributed by atoms with Crippen LogP contribution in [0.3, 0.4) is 0 Å². The molecule has 5 nitrogen and oxygen atoms in total. The normalized spacial score (nSPS) is 12.9. The average molecular weight is 305 g/mol. The van der Waals surface area contributed by atoms with Crippen LogP contribution in [-0.4, -0.2) is 25.4 Å². The molecule has 2 N–H and O–H groups in total. The van der Waals surface area contributed by atoms with Gasteiger partial charge in [0.2, 0.25) is 0 Å². The molecule has 0 saturated heterocycles. The molecule has 1 atom stereocenters. The molecule has 3 aromatic rings. The summed E-state index contributed by atoms with van der Waals surface area (Å²) in [6.45, 7) is 2.10. The van der Waals surface area contributed by atoms with Crippen LogP contribution in [0.15, 0.2) is 40.2 Å². The summed E-state index contributed by atoms with van der Waals surface area (Å²) in [6, 6.07) is 2.04. The van der Waals surface area contributed by atoms with Crippen LogP contribution in [0.4, 0.5) is 0 Å². The second kappa shape index (κ2) is 5.90. The summed E-state index contributed by atoms with van der Waals surface area (Å²) in [7, 11) is 0. The first-order valence-corrected chi connectivity index (χ1v) is 8.11. The van der Waals surface area contributed by atoms with Gasteiger partial charge in [-0.05, 0) is 24.2 Å². The van der Waals surface area contributed by atoms with Crippen molar-refractivity contribution in [3.05, 3.63) is 35.9 Å². The third-order valence-corrected chi connectivity index (χ3v) is 4.79. The van der Waals surface area contributed by atoms with Crippen LogP contribution in [0.5, 0.6) is 0 Å². The number of aromatic nitrogens is 4. The summed E-state index contributed by atoms with van der Waals surface area (Å²) in [5, 5.41) is 3.93. The van der Waals surface area contributed by atoms with Gasteiger partial charge in [-0.3, -0.25) is 4.40 Å². The Balaban J connectivity index is 1.96. The maximum Gasteiger partial charge on any atom is 0.194 e. The number of nitrogens with two attached hydrogens (primary N) is 1. The van der Waals surface area contributed by atoms with Crippen LogP contribution < -0.4 is 5.73 Å². The van der Waals surface area contributed by atoms with Crippen molar-refractivity contribution in [2.24, 2.45) is 5.73 Å². The summed E-state index contributed by atoms with van der Waals surface area (Å²) in [5.41, 5.74) is 7.28. The van der Waals surface area contributed by atoms with Gasteiger partial charge in [-0.25, -0.2) is 15.0 Å². The third-order valence-electron chi connectivity index (χ3n) is 3.06. The Morgan fingerprint density at radius 3 is 3.15 bits per heavy atom. The Hall–Kier alpha value is -1.44. The summed E-state index contributed by atoms with van der Waals surface area (Å²) < 4.78 is 2.13. The van der Waals surface area contributed by atoms with Gasteiger partial charge < -0.3 is 5.73 Å². The maximum atomic E-state index is 6.11. The van der Waals surface area contributed by atoms with E-state index < -0.39 is 0 Å². The predicted octanol–water partition coefficient (Wildman–Crippen LogP) is 2.62. The van der Waals surface area contributed by atoms with Crippen LogP contribution in [0.2, 0.25) is 0 Å². The topological polar surface area (TPSA) is 69.1 Å². The number of hydrogen-bond acceptors (Lipinski definition) is 6. The number of fused-ring (bicyclic) bond motifs is 1. The van der Waals surface area contributed by atoms with Crippen molar-refractivity contribution in [2.75, 3.05) is 0 Å². The van der Waals surface area contributed by atoms with Crippen LogP contribution in [0, 0.1) is 0 Å². The molecule has 0 aromatic carbocycles. The Bertz CT molecular complexity index is 691. The lowest BCUT2D eigenvalue weighted by Crippen LogP contribution is -2.22. The summed E-state index contributed by atoms with van der Waals surface area (Å²) in [4.78, 5) is 13.9. The van der Waals surface area contributed by atoms with Gasteiger partial charge in [0.25, 0.3) is 0 Å². The molecule has 3 heterocycles. The average Bonchev–Trinajstić information content (AvgIpc) is 3.03. The van der Waals surface area contributed by atoms with Crippen molar-refractivity contribution in [3.8, 4) is 0 Å². The molecule has 0 aliphatic heterocycles. The van der Waals surface area contributed by atoms with Crippen LogP contribution in [-0.2, 0) is 6.42 Å². The Labute approximate surface area is 125 Å². The Morgan fingerprint density at radius 2 is 2.40 bits per heavy atom. The van der Waals surface area contributed by atoms with Gasteiger partial charge >= 0.3 is 0 Å². The van der Waals surface area contributed by atoms with Gasteiger partial charge in [0.15, 0.2) is 4.96 Å². The van der Waals surface area contributed by atoms with Crippen LogP contribution in [0.25, 0.3) is 4.96 Å². The summed E-state index contributed by atoms with van der Waals surface area (Å²) in [6.07, 6.45) is 7.12. The molecule has 0 spiro atoms. The van der Waals surface area contributed by atoms with E-state index in [1.165, 1.54) is 5.69 Å². The Kier molecular flexibility index (Phi) is 4.00. The molecule has 7 heteroatoms. The van der Waals surface area contributed by atoms with E-state index in [-0.39, 0.29) is 6.04 Å². The van der Waals surface area contributed by atoms with Crippen LogP contribution in [0.1, 0.15) is 19.0 Å². The van der Waals surface area contributed by atoms with Crippen molar-refractivity contribution < 1.29 is 0 Å². The fourth-order valence-electron chi connectivity index (χ4n) is 1.91.